The Kier molecular flexibility index (Phi) is 29.8. The highest BCUT2D eigenvalue weighted by Crippen LogP contribution is 2.32. The molecule has 20 nitrogen and oxygen atoms in total. The molecule has 1 aliphatic heterocycles. The maximum atomic E-state index is 10.3. The molecule has 1 fully saturated rings. The van der Waals surface area contributed by atoms with Crippen molar-refractivity contribution >= 4 is 17.0 Å². The first-order valence-corrected chi connectivity index (χ1v) is 21.5. The number of fused-ring (bicyclic) bond motifs is 1. The molecule has 0 spiro atoms. The van der Waals surface area contributed by atoms with Crippen LogP contribution in [0.1, 0.15) is 160 Å². The highest BCUT2D eigenvalue weighted by Gasteiger charge is 2.44. The van der Waals surface area contributed by atoms with Crippen LogP contribution in [0.2, 0.25) is 0 Å². The third-order valence-electron chi connectivity index (χ3n) is 9.97. The topological polar surface area (TPSA) is 244 Å². The number of aliphatic hydroxyl groups is 3. The number of hydrogen-bond donors (Lipinski definition) is 5. The molecule has 3 rings (SSSR count). The molecule has 4 atom stereocenters. The van der Waals surface area contributed by atoms with Crippen LogP contribution in [-0.4, -0.2) is 86.1 Å². The van der Waals surface area contributed by atoms with E-state index in [4.69, 9.17) is 30.1 Å². The van der Waals surface area contributed by atoms with Crippen molar-refractivity contribution in [2.24, 2.45) is 5.73 Å². The van der Waals surface area contributed by atoms with E-state index >= 15 is 0 Å². The van der Waals surface area contributed by atoms with Gasteiger partial charge in [-0.2, -0.15) is 0 Å². The van der Waals surface area contributed by atoms with Crippen LogP contribution in [0.25, 0.3) is 11.2 Å². The summed E-state index contributed by atoms with van der Waals surface area (Å²) < 4.78 is 6.94. The van der Waals surface area contributed by atoms with Gasteiger partial charge in [0.05, 0.1) is 32.8 Å². The number of anilines is 1. The van der Waals surface area contributed by atoms with Gasteiger partial charge in [-0.3, -0.25) is 4.57 Å². The summed E-state index contributed by atoms with van der Waals surface area (Å²) in [5, 5.41) is 56.4. The predicted octanol–water partition coefficient (Wildman–Crippen LogP) is 6.57. The molecule has 0 unspecified atom stereocenters. The van der Waals surface area contributed by atoms with Gasteiger partial charge in [0, 0.05) is 0 Å². The Balaban J connectivity index is 0.969. The molecule has 1 aliphatic rings. The fourth-order valence-corrected chi connectivity index (χ4v) is 6.64. The van der Waals surface area contributed by atoms with E-state index in [9.17, 15) is 15.3 Å². The third-order valence-corrected chi connectivity index (χ3v) is 9.97. The smallest absolute Gasteiger partial charge is 0.183 e. The van der Waals surface area contributed by atoms with Crippen LogP contribution in [0.4, 0.5) is 5.82 Å². The maximum Gasteiger partial charge on any atom is 0.183 e. The van der Waals surface area contributed by atoms with Gasteiger partial charge in [-0.15, -0.1) is 0 Å². The number of ether oxygens (including phenoxy) is 1. The number of aromatic nitrogens is 4. The first-order chi connectivity index (χ1) is 28.7. The lowest BCUT2D eigenvalue weighted by atomic mass is 10.1. The van der Waals surface area contributed by atoms with E-state index in [0.29, 0.717) is 19.8 Å². The Labute approximate surface area is 341 Å². The lowest BCUT2D eigenvalue weighted by Crippen LogP contribution is -2.33. The van der Waals surface area contributed by atoms with Gasteiger partial charge in [-0.1, -0.05) is 133 Å². The molecule has 20 heteroatoms. The number of nitrogens with one attached hydrogen (secondary N) is 1. The normalized spacial score (nSPS) is 18.2. The van der Waals surface area contributed by atoms with Crippen molar-refractivity contribution in [3.63, 3.8) is 0 Å². The average Bonchev–Trinajstić information content (AvgIpc) is 3.80. The summed E-state index contributed by atoms with van der Waals surface area (Å²) in [6, 6.07) is 0. The highest BCUT2D eigenvalue weighted by molar-refractivity contribution is 5.82. The summed E-state index contributed by atoms with van der Waals surface area (Å²) in [7, 11) is 0. The number of nitrogens with two attached hydrogens (primary N) is 1. The minimum Gasteiger partial charge on any atom is -0.394 e. The summed E-state index contributed by atoms with van der Waals surface area (Å²) in [5.74, 6) is 0.112. The van der Waals surface area contributed by atoms with Crippen molar-refractivity contribution in [3.05, 3.63) is 12.7 Å². The van der Waals surface area contributed by atoms with Crippen molar-refractivity contribution in [2.45, 2.75) is 179 Å². The van der Waals surface area contributed by atoms with E-state index in [-0.39, 0.29) is 17.0 Å². The summed E-state index contributed by atoms with van der Waals surface area (Å²) in [6.45, 7) is 1.60. The van der Waals surface area contributed by atoms with Crippen LogP contribution in [0, 0.1) is 0 Å². The number of nitrogens with zero attached hydrogens (tertiary/aromatic N) is 4. The van der Waals surface area contributed by atoms with Crippen molar-refractivity contribution in [2.75, 3.05) is 38.5 Å². The molecule has 3 heterocycles. The summed E-state index contributed by atoms with van der Waals surface area (Å²) in [4.78, 5) is 31.9. The molecule has 1 saturated heterocycles. The predicted molar refractivity (Wildman–Crippen MR) is 207 cm³/mol. The molecule has 336 valence electrons. The van der Waals surface area contributed by atoms with Crippen LogP contribution in [-0.2, 0) is 54.6 Å². The van der Waals surface area contributed by atoms with Gasteiger partial charge in [-0.25, -0.2) is 35.1 Å². The van der Waals surface area contributed by atoms with E-state index in [0.717, 1.165) is 57.9 Å². The van der Waals surface area contributed by atoms with E-state index < -0.39 is 31.1 Å². The Morgan fingerprint density at radius 1 is 0.569 bits per heavy atom. The minimum atomic E-state index is -1.30. The molecular formula is C38H70N6O14. The summed E-state index contributed by atoms with van der Waals surface area (Å²) in [6.07, 6.45) is 26.4. The van der Waals surface area contributed by atoms with Crippen molar-refractivity contribution in [3.8, 4) is 0 Å². The molecule has 58 heavy (non-hydrogen) atoms. The second-order valence-corrected chi connectivity index (χ2v) is 14.6. The number of imidazole rings is 1. The van der Waals surface area contributed by atoms with Gasteiger partial charge >= 0.3 is 0 Å². The molecule has 6 N–H and O–H groups in total. The standard InChI is InChI=1S/C38H70N6O14/c39-25-21-17-13-9-5-1-2-6-10-14-18-22-26-48-53-57-54-49-27-23-19-15-11-7-3-4-8-12-16-20-24-28-50-55-58-56-52-43-36-33-37(41-30-40-36)44(31-42-33)38-35(47)34(46)32(29-45)51-38/h30-32,34-35,38,45-47H,1-29,39H2,(H,40,41,43)/t32-,34-,35-,38-/m1/s1. The van der Waals surface area contributed by atoms with Gasteiger partial charge in [0.2, 0.25) is 0 Å². The average molecular weight is 835 g/mol. The van der Waals surface area contributed by atoms with Crippen molar-refractivity contribution in [1.29, 1.82) is 0 Å². The first-order valence-electron chi connectivity index (χ1n) is 21.5. The monoisotopic (exact) mass is 834 g/mol. The Bertz CT molecular complexity index is 1240. The molecule has 0 aliphatic carbocycles. The van der Waals surface area contributed by atoms with E-state index in [1.807, 2.05) is 0 Å². The number of hydrogen-bond acceptors (Lipinski definition) is 19. The molecule has 0 saturated carbocycles. The van der Waals surface area contributed by atoms with Gasteiger partial charge in [0.1, 0.15) is 24.6 Å². The third kappa shape index (κ3) is 21.8. The fourth-order valence-electron chi connectivity index (χ4n) is 6.64. The zero-order chi connectivity index (χ0) is 41.1. The summed E-state index contributed by atoms with van der Waals surface area (Å²) >= 11 is 0. The van der Waals surface area contributed by atoms with Crippen LogP contribution in [0.15, 0.2) is 12.7 Å². The quantitative estimate of drug-likeness (QED) is 0.0270. The number of aliphatic hydroxyl groups excluding tert-OH is 3. The van der Waals surface area contributed by atoms with Crippen LogP contribution in [0.3, 0.4) is 0 Å². The number of rotatable bonds is 41. The van der Waals surface area contributed by atoms with Crippen LogP contribution >= 0.6 is 0 Å². The molecular weight excluding hydrogens is 764 g/mol. The molecule has 0 amide bonds. The number of unbranched alkanes of at least 4 members (excludes halogenated alkanes) is 22. The summed E-state index contributed by atoms with van der Waals surface area (Å²) in [5.41, 5.74) is 8.43. The van der Waals surface area contributed by atoms with E-state index in [2.05, 4.69) is 50.7 Å². The molecule has 0 bridgehead atoms. The molecule has 0 radical (unpaired) electrons. The lowest BCUT2D eigenvalue weighted by Gasteiger charge is -2.16. The second kappa shape index (κ2) is 34.5. The van der Waals surface area contributed by atoms with Crippen molar-refractivity contribution < 1.29 is 69.9 Å². The lowest BCUT2D eigenvalue weighted by molar-refractivity contribution is -0.708. The second-order valence-electron chi connectivity index (χ2n) is 14.6. The Morgan fingerprint density at radius 3 is 1.47 bits per heavy atom. The van der Waals surface area contributed by atoms with Gasteiger partial charge in [-0.05, 0) is 62.5 Å². The van der Waals surface area contributed by atoms with Crippen molar-refractivity contribution in [1.82, 2.24) is 19.5 Å². The Morgan fingerprint density at radius 2 is 1.02 bits per heavy atom. The highest BCUT2D eigenvalue weighted by atomic mass is 17.8. The molecule has 0 aromatic carbocycles. The van der Waals surface area contributed by atoms with E-state index in [1.54, 1.807) is 0 Å². The van der Waals surface area contributed by atoms with Gasteiger partial charge in [0.25, 0.3) is 0 Å². The fraction of sp³-hybridized carbons (Fsp3) is 0.868. The molecule has 2 aromatic heterocycles. The van der Waals surface area contributed by atoms with Crippen LogP contribution in [0.5, 0.6) is 0 Å². The van der Waals surface area contributed by atoms with Gasteiger partial charge < -0.3 is 25.8 Å². The van der Waals surface area contributed by atoms with E-state index in [1.165, 1.54) is 120 Å². The largest absolute Gasteiger partial charge is 0.394 e. The zero-order valence-corrected chi connectivity index (χ0v) is 34.2. The molecule has 2 aromatic rings. The van der Waals surface area contributed by atoms with Gasteiger partial charge in [0.15, 0.2) is 23.2 Å². The SMILES string of the molecule is NCCCCCCCCCCCCCCOOOOOCCCCCCCCCCCCCCOOOOONc1ncnc2c1ncn2[C@@H]1O[C@H](CO)[C@@H](O)[C@H]1O. The Hall–Kier alpha value is -2.25. The van der Waals surface area contributed by atoms with Crippen LogP contribution < -0.4 is 11.2 Å². The maximum absolute atomic E-state index is 10.3. The zero-order valence-electron chi connectivity index (χ0n) is 34.2. The first kappa shape index (κ1) is 50.1. The minimum absolute atomic E-state index is 0.112.